The van der Waals surface area contributed by atoms with E-state index in [9.17, 15) is 20.3 Å². The summed E-state index contributed by atoms with van der Waals surface area (Å²) in [5, 5.41) is 28.8. The van der Waals surface area contributed by atoms with Gasteiger partial charge in [0.05, 0.1) is 18.2 Å². The zero-order chi connectivity index (χ0) is 15.0. The molecule has 1 saturated carbocycles. The third-order valence-corrected chi connectivity index (χ3v) is 4.59. The van der Waals surface area contributed by atoms with Gasteiger partial charge < -0.3 is 15.1 Å². The summed E-state index contributed by atoms with van der Waals surface area (Å²) in [6.45, 7) is 0. The molecular formula is C16H18N2O3. The molecule has 0 aromatic heterocycles. The fraction of sp³-hybridized carbons (Fsp3) is 0.500. The largest absolute Gasteiger partial charge is 0.508 e. The third kappa shape index (κ3) is 2.26. The fourth-order valence-electron chi connectivity index (χ4n) is 3.45. The number of hydrogen-bond donors (Lipinski definition) is 2. The predicted molar refractivity (Wildman–Crippen MR) is 75.1 cm³/mol. The minimum Gasteiger partial charge on any atom is -0.508 e. The summed E-state index contributed by atoms with van der Waals surface area (Å²) in [7, 11) is 0. The Morgan fingerprint density at radius 3 is 2.48 bits per heavy atom. The molecule has 1 saturated heterocycles. The number of nitriles is 1. The molecule has 1 aliphatic heterocycles. The van der Waals surface area contributed by atoms with Crippen molar-refractivity contribution in [1.29, 1.82) is 5.26 Å². The highest BCUT2D eigenvalue weighted by molar-refractivity contribution is 5.89. The predicted octanol–water partition coefficient (Wildman–Crippen LogP) is 1.72. The second kappa shape index (κ2) is 5.38. The standard InChI is InChI=1S/C16H18N2O3/c17-9-13-15(12-3-1-2-4-14(12)20)18(16(13)21)10-5-7-11(19)8-6-10/h1-4,10-11,13,15,19-20H,5-8H2/t10?,11?,13-,15-/m1/s1. The van der Waals surface area contributed by atoms with Gasteiger partial charge in [0.2, 0.25) is 5.91 Å². The highest BCUT2D eigenvalue weighted by Crippen LogP contribution is 2.46. The molecule has 0 bridgehead atoms. The summed E-state index contributed by atoms with van der Waals surface area (Å²) >= 11 is 0. The number of aliphatic hydroxyl groups is 1. The summed E-state index contributed by atoms with van der Waals surface area (Å²) in [5.41, 5.74) is 0.634. The van der Waals surface area contributed by atoms with Crippen LogP contribution in [0, 0.1) is 17.2 Å². The highest BCUT2D eigenvalue weighted by atomic mass is 16.3. The van der Waals surface area contributed by atoms with Gasteiger partial charge in [-0.05, 0) is 31.7 Å². The topological polar surface area (TPSA) is 84.6 Å². The Morgan fingerprint density at radius 1 is 1.19 bits per heavy atom. The van der Waals surface area contributed by atoms with Gasteiger partial charge in [-0.2, -0.15) is 5.26 Å². The van der Waals surface area contributed by atoms with E-state index >= 15 is 0 Å². The van der Waals surface area contributed by atoms with Gasteiger partial charge in [-0.1, -0.05) is 18.2 Å². The molecule has 1 aromatic rings. The lowest BCUT2D eigenvalue weighted by Crippen LogP contribution is -2.59. The molecule has 2 fully saturated rings. The number of carbonyl (C=O) groups excluding carboxylic acids is 1. The average Bonchev–Trinajstić information content (AvgIpc) is 2.48. The van der Waals surface area contributed by atoms with Crippen molar-refractivity contribution in [3.8, 4) is 11.8 Å². The molecule has 2 aliphatic rings. The number of rotatable bonds is 2. The zero-order valence-corrected chi connectivity index (χ0v) is 11.6. The number of phenolic OH excluding ortho intramolecular Hbond substituents is 1. The Hall–Kier alpha value is -2.06. The van der Waals surface area contributed by atoms with Crippen molar-refractivity contribution >= 4 is 5.91 Å². The van der Waals surface area contributed by atoms with E-state index in [2.05, 4.69) is 6.07 Å². The van der Waals surface area contributed by atoms with E-state index in [1.54, 1.807) is 29.2 Å². The second-order valence-corrected chi connectivity index (χ2v) is 5.82. The molecule has 21 heavy (non-hydrogen) atoms. The number of aliphatic hydroxyl groups excluding tert-OH is 1. The first-order valence-electron chi connectivity index (χ1n) is 7.31. The molecule has 0 radical (unpaired) electrons. The molecule has 1 amide bonds. The van der Waals surface area contributed by atoms with Crippen LogP contribution in [0.3, 0.4) is 0 Å². The van der Waals surface area contributed by atoms with Crippen molar-refractivity contribution in [2.24, 2.45) is 5.92 Å². The van der Waals surface area contributed by atoms with Gasteiger partial charge in [0.1, 0.15) is 11.7 Å². The first-order valence-corrected chi connectivity index (χ1v) is 7.31. The number of aromatic hydroxyl groups is 1. The Balaban J connectivity index is 1.87. The molecule has 1 heterocycles. The Bertz CT molecular complexity index is 587. The van der Waals surface area contributed by atoms with Crippen LogP contribution in [0.4, 0.5) is 0 Å². The molecule has 1 aromatic carbocycles. The lowest BCUT2D eigenvalue weighted by molar-refractivity contribution is -0.159. The van der Waals surface area contributed by atoms with Gasteiger partial charge in [0, 0.05) is 11.6 Å². The Morgan fingerprint density at radius 2 is 1.86 bits per heavy atom. The van der Waals surface area contributed by atoms with Crippen molar-refractivity contribution in [2.75, 3.05) is 0 Å². The van der Waals surface area contributed by atoms with Gasteiger partial charge in [0.15, 0.2) is 0 Å². The summed E-state index contributed by atoms with van der Waals surface area (Å²) in [4.78, 5) is 14.0. The zero-order valence-electron chi connectivity index (χ0n) is 11.6. The molecule has 2 atom stereocenters. The first-order chi connectivity index (χ1) is 10.1. The molecule has 5 nitrogen and oxygen atoms in total. The maximum absolute atomic E-state index is 12.2. The summed E-state index contributed by atoms with van der Waals surface area (Å²) < 4.78 is 0. The van der Waals surface area contributed by atoms with Crippen LogP contribution in [0.25, 0.3) is 0 Å². The van der Waals surface area contributed by atoms with E-state index < -0.39 is 5.92 Å². The summed E-state index contributed by atoms with van der Waals surface area (Å²) in [6, 6.07) is 8.60. The van der Waals surface area contributed by atoms with Gasteiger partial charge in [-0.15, -0.1) is 0 Å². The van der Waals surface area contributed by atoms with E-state index in [-0.39, 0.29) is 29.8 Å². The molecule has 1 aliphatic carbocycles. The highest BCUT2D eigenvalue weighted by Gasteiger charge is 2.52. The molecule has 0 unspecified atom stereocenters. The number of likely N-dealkylation sites (tertiary alicyclic amines) is 1. The third-order valence-electron chi connectivity index (χ3n) is 4.59. The maximum atomic E-state index is 12.2. The monoisotopic (exact) mass is 286 g/mol. The summed E-state index contributed by atoms with van der Waals surface area (Å²) in [5.74, 6) is -0.756. The van der Waals surface area contributed by atoms with Crippen molar-refractivity contribution in [2.45, 2.75) is 43.9 Å². The van der Waals surface area contributed by atoms with Gasteiger partial charge in [0.25, 0.3) is 0 Å². The van der Waals surface area contributed by atoms with Gasteiger partial charge in [-0.3, -0.25) is 4.79 Å². The lowest BCUT2D eigenvalue weighted by Gasteiger charge is -2.50. The summed E-state index contributed by atoms with van der Waals surface area (Å²) in [6.07, 6.45) is 2.57. The van der Waals surface area contributed by atoms with Crippen LogP contribution in [0.1, 0.15) is 37.3 Å². The molecular weight excluding hydrogens is 268 g/mol. The Labute approximate surface area is 123 Å². The number of para-hydroxylation sites is 1. The molecule has 5 heteroatoms. The maximum Gasteiger partial charge on any atom is 0.243 e. The van der Waals surface area contributed by atoms with E-state index in [0.29, 0.717) is 18.4 Å². The number of hydrogen-bond acceptors (Lipinski definition) is 4. The lowest BCUT2D eigenvalue weighted by atomic mass is 9.78. The minimum absolute atomic E-state index is 0.0510. The number of benzene rings is 1. The minimum atomic E-state index is -0.717. The van der Waals surface area contributed by atoms with Crippen LogP contribution in [-0.4, -0.2) is 33.2 Å². The number of carbonyl (C=O) groups is 1. The van der Waals surface area contributed by atoms with E-state index in [1.807, 2.05) is 0 Å². The Kier molecular flexibility index (Phi) is 3.56. The first kappa shape index (κ1) is 13.9. The van der Waals surface area contributed by atoms with Gasteiger partial charge >= 0.3 is 0 Å². The number of β-lactam (4-membered cyclic amide) rings is 1. The van der Waals surface area contributed by atoms with Crippen molar-refractivity contribution < 1.29 is 15.0 Å². The van der Waals surface area contributed by atoms with Crippen molar-refractivity contribution in [3.63, 3.8) is 0 Å². The molecule has 110 valence electrons. The van der Waals surface area contributed by atoms with E-state index in [1.165, 1.54) is 0 Å². The molecule has 2 N–H and O–H groups in total. The SMILES string of the molecule is N#C[C@H]1C(=O)N(C2CCC(O)CC2)[C@@H]1c1ccccc1O. The molecule has 3 rings (SSSR count). The van der Waals surface area contributed by atoms with Crippen LogP contribution >= 0.6 is 0 Å². The van der Waals surface area contributed by atoms with E-state index in [0.717, 1.165) is 12.8 Å². The fourth-order valence-corrected chi connectivity index (χ4v) is 3.45. The van der Waals surface area contributed by atoms with Crippen molar-refractivity contribution in [3.05, 3.63) is 29.8 Å². The molecule has 0 spiro atoms. The van der Waals surface area contributed by atoms with Crippen LogP contribution in [0.5, 0.6) is 5.75 Å². The quantitative estimate of drug-likeness (QED) is 0.811. The normalized spacial score (nSPS) is 32.4. The van der Waals surface area contributed by atoms with Crippen LogP contribution in [-0.2, 0) is 4.79 Å². The number of nitrogens with zero attached hydrogens (tertiary/aromatic N) is 2. The van der Waals surface area contributed by atoms with Crippen LogP contribution in [0.15, 0.2) is 24.3 Å². The van der Waals surface area contributed by atoms with Crippen molar-refractivity contribution in [1.82, 2.24) is 4.90 Å². The van der Waals surface area contributed by atoms with Crippen LogP contribution < -0.4 is 0 Å². The second-order valence-electron chi connectivity index (χ2n) is 5.82. The number of amides is 1. The van der Waals surface area contributed by atoms with Gasteiger partial charge in [-0.25, -0.2) is 0 Å². The average molecular weight is 286 g/mol. The smallest absolute Gasteiger partial charge is 0.243 e. The van der Waals surface area contributed by atoms with Crippen LogP contribution in [0.2, 0.25) is 0 Å². The van der Waals surface area contributed by atoms with E-state index in [4.69, 9.17) is 0 Å². The number of phenols is 1.